The number of benzene rings is 1. The van der Waals surface area contributed by atoms with Crippen LogP contribution in [0.25, 0.3) is 0 Å². The van der Waals surface area contributed by atoms with Crippen LogP contribution in [0.4, 0.5) is 5.69 Å². The van der Waals surface area contributed by atoms with Gasteiger partial charge in [0.2, 0.25) is 0 Å². The summed E-state index contributed by atoms with van der Waals surface area (Å²) in [4.78, 5) is 11.2. The van der Waals surface area contributed by atoms with E-state index in [0.717, 1.165) is 50.1 Å². The van der Waals surface area contributed by atoms with Crippen LogP contribution in [0.15, 0.2) is 35.6 Å². The number of hydrogen-bond acceptors (Lipinski definition) is 5. The van der Waals surface area contributed by atoms with Gasteiger partial charge in [0, 0.05) is 45.0 Å². The molecule has 1 unspecified atom stereocenters. The maximum atomic E-state index is 5.34. The van der Waals surface area contributed by atoms with E-state index in [4.69, 9.17) is 4.74 Å². The van der Waals surface area contributed by atoms with E-state index in [9.17, 15) is 0 Å². The third-order valence-electron chi connectivity index (χ3n) is 4.79. The Labute approximate surface area is 160 Å². The summed E-state index contributed by atoms with van der Waals surface area (Å²) in [5.74, 6) is 3.15. The average Bonchev–Trinajstić information content (AvgIpc) is 3.33. The van der Waals surface area contributed by atoms with Gasteiger partial charge in [-0.2, -0.15) is 5.10 Å². The van der Waals surface area contributed by atoms with E-state index in [1.807, 2.05) is 19.2 Å². The standard InChI is InChI=1S/C19H29N7O/c1-4-20-19(22-12-18-23-14-24-25(18)2)21-11-15-8-9-26(13-15)16-6-5-7-17(10-16)27-3/h5-7,10,14-15H,4,8-9,11-13H2,1-3H3,(H2,20,21,22). The third kappa shape index (κ3) is 5.12. The summed E-state index contributed by atoms with van der Waals surface area (Å²) in [5, 5.41) is 10.8. The van der Waals surface area contributed by atoms with Crippen LogP contribution in [-0.2, 0) is 13.6 Å². The summed E-state index contributed by atoms with van der Waals surface area (Å²) in [6.07, 6.45) is 2.71. The van der Waals surface area contributed by atoms with Gasteiger partial charge in [0.15, 0.2) is 5.96 Å². The molecule has 1 fully saturated rings. The smallest absolute Gasteiger partial charge is 0.191 e. The summed E-state index contributed by atoms with van der Waals surface area (Å²) in [6.45, 7) is 6.39. The summed E-state index contributed by atoms with van der Waals surface area (Å²) in [7, 11) is 3.59. The van der Waals surface area contributed by atoms with Crippen LogP contribution in [0.3, 0.4) is 0 Å². The number of rotatable bonds is 7. The van der Waals surface area contributed by atoms with Crippen LogP contribution < -0.4 is 20.3 Å². The number of aryl methyl sites for hydroxylation is 1. The molecule has 0 saturated carbocycles. The Kier molecular flexibility index (Phi) is 6.51. The maximum absolute atomic E-state index is 5.34. The Morgan fingerprint density at radius 3 is 3.00 bits per heavy atom. The molecule has 0 bridgehead atoms. The number of nitrogens with one attached hydrogen (secondary N) is 2. The Hall–Kier alpha value is -2.77. The number of guanidine groups is 1. The predicted molar refractivity (Wildman–Crippen MR) is 107 cm³/mol. The van der Waals surface area contributed by atoms with E-state index in [0.29, 0.717) is 12.5 Å². The van der Waals surface area contributed by atoms with Gasteiger partial charge in [-0.25, -0.2) is 9.98 Å². The molecular weight excluding hydrogens is 342 g/mol. The Balaban J connectivity index is 1.52. The first kappa shape index (κ1) is 19.0. The zero-order chi connectivity index (χ0) is 19.1. The lowest BCUT2D eigenvalue weighted by Crippen LogP contribution is -2.40. The Morgan fingerprint density at radius 1 is 1.37 bits per heavy atom. The van der Waals surface area contributed by atoms with Gasteiger partial charge in [-0.1, -0.05) is 6.07 Å². The number of methoxy groups -OCH3 is 1. The fourth-order valence-corrected chi connectivity index (χ4v) is 3.24. The van der Waals surface area contributed by atoms with Gasteiger partial charge in [-0.05, 0) is 31.4 Å². The van der Waals surface area contributed by atoms with Crippen molar-refractivity contribution in [3.63, 3.8) is 0 Å². The summed E-state index contributed by atoms with van der Waals surface area (Å²) >= 11 is 0. The van der Waals surface area contributed by atoms with E-state index in [2.05, 4.69) is 49.7 Å². The first-order valence-electron chi connectivity index (χ1n) is 9.43. The number of anilines is 1. The van der Waals surface area contributed by atoms with Crippen LogP contribution in [-0.4, -0.2) is 54.0 Å². The minimum absolute atomic E-state index is 0.506. The molecule has 3 rings (SSSR count). The van der Waals surface area contributed by atoms with Gasteiger partial charge in [-0.3, -0.25) is 4.68 Å². The second-order valence-electron chi connectivity index (χ2n) is 6.68. The zero-order valence-electron chi connectivity index (χ0n) is 16.4. The van der Waals surface area contributed by atoms with Crippen LogP contribution in [0.5, 0.6) is 5.75 Å². The van der Waals surface area contributed by atoms with Crippen molar-refractivity contribution in [2.75, 3.05) is 38.2 Å². The highest BCUT2D eigenvalue weighted by Crippen LogP contribution is 2.26. The molecule has 1 aliphatic heterocycles. The first-order chi connectivity index (χ1) is 13.2. The van der Waals surface area contributed by atoms with Gasteiger partial charge in [0.1, 0.15) is 24.4 Å². The van der Waals surface area contributed by atoms with Gasteiger partial charge in [-0.15, -0.1) is 0 Å². The van der Waals surface area contributed by atoms with Crippen LogP contribution >= 0.6 is 0 Å². The topological polar surface area (TPSA) is 79.6 Å². The maximum Gasteiger partial charge on any atom is 0.191 e. The van der Waals surface area contributed by atoms with Gasteiger partial charge in [0.05, 0.1) is 7.11 Å². The largest absolute Gasteiger partial charge is 0.497 e. The van der Waals surface area contributed by atoms with E-state index in [1.165, 1.54) is 5.69 Å². The van der Waals surface area contributed by atoms with E-state index in [-0.39, 0.29) is 0 Å². The van der Waals surface area contributed by atoms with Crippen molar-refractivity contribution in [3.8, 4) is 5.75 Å². The second-order valence-corrected chi connectivity index (χ2v) is 6.68. The molecule has 2 heterocycles. The third-order valence-corrected chi connectivity index (χ3v) is 4.79. The number of nitrogens with zero attached hydrogens (tertiary/aromatic N) is 5. The van der Waals surface area contributed by atoms with Crippen molar-refractivity contribution in [3.05, 3.63) is 36.4 Å². The number of aliphatic imine (C=N–C) groups is 1. The quantitative estimate of drug-likeness (QED) is 0.566. The minimum atomic E-state index is 0.506. The lowest BCUT2D eigenvalue weighted by atomic mass is 10.1. The van der Waals surface area contributed by atoms with Crippen molar-refractivity contribution in [2.24, 2.45) is 18.0 Å². The van der Waals surface area contributed by atoms with Crippen LogP contribution in [0.1, 0.15) is 19.2 Å². The second kappa shape index (κ2) is 9.25. The lowest BCUT2D eigenvalue weighted by molar-refractivity contribution is 0.415. The fourth-order valence-electron chi connectivity index (χ4n) is 3.24. The van der Waals surface area contributed by atoms with Gasteiger partial charge < -0.3 is 20.3 Å². The Bertz CT molecular complexity index is 758. The molecule has 0 spiro atoms. The molecule has 1 aromatic carbocycles. The van der Waals surface area contributed by atoms with Crippen molar-refractivity contribution < 1.29 is 4.74 Å². The SMILES string of the molecule is CCNC(=NCc1ncnn1C)NCC1CCN(c2cccc(OC)c2)C1. The molecule has 2 aromatic rings. The number of aromatic nitrogens is 3. The number of hydrogen-bond donors (Lipinski definition) is 2. The average molecular weight is 371 g/mol. The lowest BCUT2D eigenvalue weighted by Gasteiger charge is -2.20. The first-order valence-corrected chi connectivity index (χ1v) is 9.43. The fraction of sp³-hybridized carbons (Fsp3) is 0.526. The normalized spacial score (nSPS) is 17.2. The van der Waals surface area contributed by atoms with Crippen molar-refractivity contribution in [1.29, 1.82) is 0 Å². The highest BCUT2D eigenvalue weighted by atomic mass is 16.5. The minimum Gasteiger partial charge on any atom is -0.497 e. The number of ether oxygens (including phenoxy) is 1. The molecule has 2 N–H and O–H groups in total. The molecule has 8 heteroatoms. The molecule has 1 atom stereocenters. The van der Waals surface area contributed by atoms with Gasteiger partial charge >= 0.3 is 0 Å². The summed E-state index contributed by atoms with van der Waals surface area (Å²) < 4.78 is 7.08. The molecule has 0 radical (unpaired) electrons. The van der Waals surface area contributed by atoms with Crippen molar-refractivity contribution in [1.82, 2.24) is 25.4 Å². The van der Waals surface area contributed by atoms with Gasteiger partial charge in [0.25, 0.3) is 0 Å². The predicted octanol–water partition coefficient (Wildman–Crippen LogP) is 1.41. The molecule has 8 nitrogen and oxygen atoms in total. The molecule has 1 aromatic heterocycles. The molecule has 0 aliphatic carbocycles. The van der Waals surface area contributed by atoms with Crippen LogP contribution in [0, 0.1) is 5.92 Å². The molecular formula is C19H29N7O. The molecule has 1 aliphatic rings. The highest BCUT2D eigenvalue weighted by Gasteiger charge is 2.23. The summed E-state index contributed by atoms with van der Waals surface area (Å²) in [5.41, 5.74) is 1.22. The molecule has 0 amide bonds. The van der Waals surface area contributed by atoms with E-state index < -0.39 is 0 Å². The van der Waals surface area contributed by atoms with Crippen LogP contribution in [0.2, 0.25) is 0 Å². The summed E-state index contributed by atoms with van der Waals surface area (Å²) in [6, 6.07) is 8.27. The van der Waals surface area contributed by atoms with E-state index in [1.54, 1.807) is 18.1 Å². The highest BCUT2D eigenvalue weighted by molar-refractivity contribution is 5.79. The monoisotopic (exact) mass is 371 g/mol. The Morgan fingerprint density at radius 2 is 2.26 bits per heavy atom. The molecule has 146 valence electrons. The zero-order valence-corrected chi connectivity index (χ0v) is 16.4. The molecule has 1 saturated heterocycles. The van der Waals surface area contributed by atoms with Crippen molar-refractivity contribution in [2.45, 2.75) is 19.9 Å². The van der Waals surface area contributed by atoms with E-state index >= 15 is 0 Å². The molecule has 27 heavy (non-hydrogen) atoms. The van der Waals surface area contributed by atoms with Crippen molar-refractivity contribution >= 4 is 11.6 Å².